The summed E-state index contributed by atoms with van der Waals surface area (Å²) < 4.78 is 8.75. The molecule has 0 fully saturated rings. The van der Waals surface area contributed by atoms with Crippen LogP contribution in [0.5, 0.6) is 0 Å². The van der Waals surface area contributed by atoms with Crippen LogP contribution in [0.15, 0.2) is 23.4 Å². The van der Waals surface area contributed by atoms with Gasteiger partial charge in [-0.3, -0.25) is 4.79 Å². The Morgan fingerprint density at radius 3 is 3.00 bits per heavy atom. The number of aromatic nitrogens is 2. The second-order valence-electron chi connectivity index (χ2n) is 2.73. The number of nitrogens with two attached hydrogens (primary N) is 1. The van der Waals surface area contributed by atoms with Crippen LogP contribution >= 0.6 is 12.0 Å². The van der Waals surface area contributed by atoms with E-state index < -0.39 is 5.91 Å². The summed E-state index contributed by atoms with van der Waals surface area (Å²) in [5, 5.41) is 0.390. The Balaban J connectivity index is 2.59. The number of fused-ring (bicyclic) bond motifs is 1. The second kappa shape index (κ2) is 3.32. The SMILES string of the molecule is NC(=O)c1ccc2nc(SO)[nH]c2c1. The Labute approximate surface area is 83.5 Å². The monoisotopic (exact) mass is 209 g/mol. The zero-order valence-corrected chi connectivity index (χ0v) is 7.84. The molecule has 0 aliphatic rings. The van der Waals surface area contributed by atoms with Gasteiger partial charge in [-0.05, 0) is 18.2 Å². The number of primary amides is 1. The molecule has 0 saturated heterocycles. The molecule has 5 nitrogen and oxygen atoms in total. The minimum atomic E-state index is -0.486. The van der Waals surface area contributed by atoms with Gasteiger partial charge in [0.1, 0.15) is 0 Å². The van der Waals surface area contributed by atoms with Crippen LogP contribution in [0.4, 0.5) is 0 Å². The maximum atomic E-state index is 10.9. The number of imidazole rings is 1. The summed E-state index contributed by atoms with van der Waals surface area (Å²) in [4.78, 5) is 17.7. The normalized spacial score (nSPS) is 10.6. The third-order valence-electron chi connectivity index (χ3n) is 1.83. The Morgan fingerprint density at radius 2 is 2.36 bits per heavy atom. The lowest BCUT2D eigenvalue weighted by molar-refractivity contribution is 0.100. The van der Waals surface area contributed by atoms with E-state index in [0.29, 0.717) is 33.8 Å². The predicted octanol–water partition coefficient (Wildman–Crippen LogP) is 1.23. The van der Waals surface area contributed by atoms with Gasteiger partial charge >= 0.3 is 0 Å². The van der Waals surface area contributed by atoms with Crippen LogP contribution < -0.4 is 5.73 Å². The molecule has 1 aromatic heterocycles. The molecule has 4 N–H and O–H groups in total. The standard InChI is InChI=1S/C8H7N3O2S/c9-7(12)4-1-2-5-6(3-4)11-8(10-5)14-13/h1-3,13H,(H2,9,12)(H,10,11). The number of rotatable bonds is 2. The maximum Gasteiger partial charge on any atom is 0.248 e. The molecule has 0 spiro atoms. The zero-order valence-electron chi connectivity index (χ0n) is 7.02. The van der Waals surface area contributed by atoms with Crippen molar-refractivity contribution in [3.05, 3.63) is 23.8 Å². The van der Waals surface area contributed by atoms with Crippen molar-refractivity contribution in [1.82, 2.24) is 9.97 Å². The molecule has 0 saturated carbocycles. The molecule has 2 aromatic rings. The Bertz CT molecular complexity index is 494. The van der Waals surface area contributed by atoms with Crippen LogP contribution in [-0.4, -0.2) is 20.4 Å². The Hall–Kier alpha value is -1.53. The van der Waals surface area contributed by atoms with Crippen molar-refractivity contribution in [2.75, 3.05) is 0 Å². The van der Waals surface area contributed by atoms with E-state index in [1.165, 1.54) is 0 Å². The highest BCUT2D eigenvalue weighted by Crippen LogP contribution is 2.17. The molecule has 14 heavy (non-hydrogen) atoms. The molecule has 0 aliphatic heterocycles. The van der Waals surface area contributed by atoms with Crippen LogP contribution in [0, 0.1) is 0 Å². The quantitative estimate of drug-likeness (QED) is 0.648. The van der Waals surface area contributed by atoms with Crippen molar-refractivity contribution < 1.29 is 9.35 Å². The molecule has 6 heteroatoms. The summed E-state index contributed by atoms with van der Waals surface area (Å²) in [5.74, 6) is -0.486. The third kappa shape index (κ3) is 1.45. The van der Waals surface area contributed by atoms with Crippen LogP contribution in [0.3, 0.4) is 0 Å². The number of nitrogens with one attached hydrogen (secondary N) is 1. The first-order valence-corrected chi connectivity index (χ1v) is 4.59. The van der Waals surface area contributed by atoms with Gasteiger partial charge in [0.15, 0.2) is 5.16 Å². The average Bonchev–Trinajstić information content (AvgIpc) is 2.58. The summed E-state index contributed by atoms with van der Waals surface area (Å²) in [6, 6.07) is 4.87. The lowest BCUT2D eigenvalue weighted by Gasteiger charge is -1.93. The Kier molecular flexibility index (Phi) is 2.14. The molecule has 72 valence electrons. The summed E-state index contributed by atoms with van der Waals surface area (Å²) in [7, 11) is 0. The van der Waals surface area contributed by atoms with Gasteiger partial charge in [-0.2, -0.15) is 0 Å². The van der Waals surface area contributed by atoms with E-state index in [1.54, 1.807) is 18.2 Å². The van der Waals surface area contributed by atoms with Crippen molar-refractivity contribution in [3.8, 4) is 0 Å². The number of benzene rings is 1. The highest BCUT2D eigenvalue weighted by atomic mass is 32.2. The van der Waals surface area contributed by atoms with E-state index in [0.717, 1.165) is 0 Å². The van der Waals surface area contributed by atoms with E-state index in [4.69, 9.17) is 10.3 Å². The van der Waals surface area contributed by atoms with Crippen LogP contribution in [0.1, 0.15) is 10.4 Å². The van der Waals surface area contributed by atoms with Gasteiger partial charge in [-0.25, -0.2) is 4.98 Å². The van der Waals surface area contributed by atoms with Gasteiger partial charge in [0.2, 0.25) is 5.91 Å². The molecule has 2 rings (SSSR count). The fraction of sp³-hybridized carbons (Fsp3) is 0. The van der Waals surface area contributed by atoms with Gasteiger partial charge in [0.25, 0.3) is 0 Å². The van der Waals surface area contributed by atoms with Gasteiger partial charge in [-0.15, -0.1) is 0 Å². The van der Waals surface area contributed by atoms with Gasteiger partial charge in [0.05, 0.1) is 23.1 Å². The van der Waals surface area contributed by atoms with Crippen molar-refractivity contribution >= 4 is 29.0 Å². The fourth-order valence-electron chi connectivity index (χ4n) is 1.18. The molecule has 0 unspecified atom stereocenters. The van der Waals surface area contributed by atoms with Crippen LogP contribution in [0.2, 0.25) is 0 Å². The molecule has 0 aliphatic carbocycles. The number of H-pyrrole nitrogens is 1. The largest absolute Gasteiger partial charge is 0.366 e. The maximum absolute atomic E-state index is 10.9. The minimum Gasteiger partial charge on any atom is -0.366 e. The molecule has 1 amide bonds. The number of amides is 1. The Morgan fingerprint density at radius 1 is 1.57 bits per heavy atom. The van der Waals surface area contributed by atoms with Crippen molar-refractivity contribution in [1.29, 1.82) is 0 Å². The molecular weight excluding hydrogens is 202 g/mol. The number of hydrogen-bond donors (Lipinski definition) is 3. The van der Waals surface area contributed by atoms with Gasteiger partial charge < -0.3 is 15.3 Å². The highest BCUT2D eigenvalue weighted by Gasteiger charge is 2.05. The van der Waals surface area contributed by atoms with Crippen molar-refractivity contribution in [3.63, 3.8) is 0 Å². The van der Waals surface area contributed by atoms with Crippen LogP contribution in [0.25, 0.3) is 11.0 Å². The lowest BCUT2D eigenvalue weighted by Crippen LogP contribution is -2.10. The fourth-order valence-corrected chi connectivity index (χ4v) is 1.48. The van der Waals surface area contributed by atoms with Gasteiger partial charge in [0, 0.05) is 5.56 Å². The minimum absolute atomic E-state index is 0.390. The average molecular weight is 209 g/mol. The number of hydrogen-bond acceptors (Lipinski definition) is 4. The summed E-state index contributed by atoms with van der Waals surface area (Å²) in [6.07, 6.45) is 0. The smallest absolute Gasteiger partial charge is 0.248 e. The van der Waals surface area contributed by atoms with E-state index in [-0.39, 0.29) is 0 Å². The van der Waals surface area contributed by atoms with Crippen LogP contribution in [-0.2, 0) is 0 Å². The first-order valence-electron chi connectivity index (χ1n) is 3.81. The van der Waals surface area contributed by atoms with Crippen molar-refractivity contribution in [2.24, 2.45) is 5.73 Å². The third-order valence-corrected chi connectivity index (χ3v) is 2.20. The van der Waals surface area contributed by atoms with E-state index in [2.05, 4.69) is 9.97 Å². The first-order chi connectivity index (χ1) is 6.70. The number of carbonyl (C=O) groups is 1. The first kappa shape index (κ1) is 9.04. The topological polar surface area (TPSA) is 92.0 Å². The summed E-state index contributed by atoms with van der Waals surface area (Å²) in [5.41, 5.74) is 6.89. The molecule has 1 aromatic carbocycles. The zero-order chi connectivity index (χ0) is 10.1. The van der Waals surface area contributed by atoms with Crippen molar-refractivity contribution in [2.45, 2.75) is 5.16 Å². The number of nitrogens with zero attached hydrogens (tertiary/aromatic N) is 1. The van der Waals surface area contributed by atoms with E-state index in [1.807, 2.05) is 0 Å². The molecule has 0 bridgehead atoms. The second-order valence-corrected chi connectivity index (χ2v) is 3.30. The highest BCUT2D eigenvalue weighted by molar-refractivity contribution is 7.93. The molecule has 0 atom stereocenters. The summed E-state index contributed by atoms with van der Waals surface area (Å²) in [6.45, 7) is 0. The van der Waals surface area contributed by atoms with E-state index in [9.17, 15) is 4.79 Å². The molecule has 0 radical (unpaired) electrons. The van der Waals surface area contributed by atoms with Gasteiger partial charge in [-0.1, -0.05) is 0 Å². The lowest BCUT2D eigenvalue weighted by atomic mass is 10.2. The molecular formula is C8H7N3O2S. The predicted molar refractivity (Wildman–Crippen MR) is 53.1 cm³/mol. The van der Waals surface area contributed by atoms with E-state index >= 15 is 0 Å². The number of carbonyl (C=O) groups excluding carboxylic acids is 1. The molecule has 1 heterocycles. The number of aromatic amines is 1. The summed E-state index contributed by atoms with van der Waals surface area (Å²) >= 11 is 0.526.